The van der Waals surface area contributed by atoms with Crippen LogP contribution in [0.1, 0.15) is 11.1 Å². The third kappa shape index (κ3) is 3.22. The first kappa shape index (κ1) is 13.3. The minimum atomic E-state index is -0.187. The third-order valence-corrected chi connectivity index (χ3v) is 2.88. The molecule has 0 saturated heterocycles. The molecular weight excluding hydrogens is 241 g/mol. The fourth-order valence-electron chi connectivity index (χ4n) is 1.92. The molecule has 1 aromatic heterocycles. The van der Waals surface area contributed by atoms with Gasteiger partial charge in [0.05, 0.1) is 5.69 Å². The zero-order valence-corrected chi connectivity index (χ0v) is 11.4. The molecule has 0 amide bonds. The molecule has 0 aliphatic rings. The van der Waals surface area contributed by atoms with E-state index in [9.17, 15) is 4.39 Å². The number of anilines is 2. The fraction of sp³-hybridized carbons (Fsp3) is 0.267. The van der Waals surface area contributed by atoms with Crippen molar-refractivity contribution < 1.29 is 4.39 Å². The van der Waals surface area contributed by atoms with Gasteiger partial charge in [-0.2, -0.15) is 0 Å². The van der Waals surface area contributed by atoms with E-state index in [1.807, 2.05) is 44.1 Å². The van der Waals surface area contributed by atoms with Crippen LogP contribution in [0, 0.1) is 12.7 Å². The standard InChI is InChI=1S/C15H18FN3/c1-11-6-7-13(16)12(9-11)10-18-14-5-4-8-17-15(14)19(2)3/h4-9,18H,10H2,1-3H3. The molecule has 0 aliphatic carbocycles. The van der Waals surface area contributed by atoms with Gasteiger partial charge in [-0.1, -0.05) is 17.7 Å². The van der Waals surface area contributed by atoms with Gasteiger partial charge in [-0.15, -0.1) is 0 Å². The van der Waals surface area contributed by atoms with E-state index in [0.29, 0.717) is 12.1 Å². The number of aryl methyl sites for hydroxylation is 1. The summed E-state index contributed by atoms with van der Waals surface area (Å²) in [5.74, 6) is 0.656. The van der Waals surface area contributed by atoms with Crippen molar-refractivity contribution >= 4 is 11.5 Å². The lowest BCUT2D eigenvalue weighted by atomic mass is 10.1. The highest BCUT2D eigenvalue weighted by Gasteiger charge is 2.07. The quantitative estimate of drug-likeness (QED) is 0.914. The summed E-state index contributed by atoms with van der Waals surface area (Å²) in [6.45, 7) is 2.40. The van der Waals surface area contributed by atoms with E-state index in [1.54, 1.807) is 12.3 Å². The highest BCUT2D eigenvalue weighted by atomic mass is 19.1. The zero-order valence-electron chi connectivity index (χ0n) is 11.4. The molecule has 4 heteroatoms. The molecule has 1 aromatic carbocycles. The van der Waals surface area contributed by atoms with Crippen molar-refractivity contribution in [1.82, 2.24) is 4.98 Å². The predicted octanol–water partition coefficient (Wildman–Crippen LogP) is 3.21. The van der Waals surface area contributed by atoms with Crippen molar-refractivity contribution in [3.63, 3.8) is 0 Å². The first-order valence-corrected chi connectivity index (χ1v) is 6.19. The summed E-state index contributed by atoms with van der Waals surface area (Å²) in [6, 6.07) is 8.93. The number of aromatic nitrogens is 1. The van der Waals surface area contributed by atoms with Crippen LogP contribution in [0.3, 0.4) is 0 Å². The lowest BCUT2D eigenvalue weighted by molar-refractivity contribution is 0.612. The van der Waals surface area contributed by atoms with Crippen LogP contribution in [0.4, 0.5) is 15.9 Å². The largest absolute Gasteiger partial charge is 0.378 e. The number of hydrogen-bond donors (Lipinski definition) is 1. The van der Waals surface area contributed by atoms with E-state index < -0.39 is 0 Å². The second-order valence-electron chi connectivity index (χ2n) is 4.72. The molecule has 100 valence electrons. The molecule has 0 saturated carbocycles. The van der Waals surface area contributed by atoms with Crippen molar-refractivity contribution in [2.45, 2.75) is 13.5 Å². The number of nitrogens with one attached hydrogen (secondary N) is 1. The summed E-state index contributed by atoms with van der Waals surface area (Å²) in [5, 5.41) is 3.23. The Morgan fingerprint density at radius 1 is 1.26 bits per heavy atom. The Hall–Kier alpha value is -2.10. The Morgan fingerprint density at radius 3 is 2.79 bits per heavy atom. The second kappa shape index (κ2) is 5.69. The smallest absolute Gasteiger partial charge is 0.151 e. The Morgan fingerprint density at radius 2 is 2.05 bits per heavy atom. The molecule has 0 fully saturated rings. The second-order valence-corrected chi connectivity index (χ2v) is 4.72. The van der Waals surface area contributed by atoms with Gasteiger partial charge in [-0.25, -0.2) is 9.37 Å². The monoisotopic (exact) mass is 259 g/mol. The van der Waals surface area contributed by atoms with Gasteiger partial charge < -0.3 is 10.2 Å². The molecular formula is C15H18FN3. The molecule has 0 bridgehead atoms. The minimum absolute atomic E-state index is 0.187. The number of benzene rings is 1. The van der Waals surface area contributed by atoms with Gasteiger partial charge in [0.2, 0.25) is 0 Å². The number of halogens is 1. The van der Waals surface area contributed by atoms with Gasteiger partial charge in [0, 0.05) is 32.4 Å². The lowest BCUT2D eigenvalue weighted by Gasteiger charge is -2.17. The molecule has 19 heavy (non-hydrogen) atoms. The third-order valence-electron chi connectivity index (χ3n) is 2.88. The van der Waals surface area contributed by atoms with E-state index in [0.717, 1.165) is 17.1 Å². The molecule has 0 unspecified atom stereocenters. The Labute approximate surface area is 113 Å². The maximum atomic E-state index is 13.7. The number of hydrogen-bond acceptors (Lipinski definition) is 3. The summed E-state index contributed by atoms with van der Waals surface area (Å²) in [6.07, 6.45) is 1.74. The highest BCUT2D eigenvalue weighted by molar-refractivity contribution is 5.64. The van der Waals surface area contributed by atoms with Crippen LogP contribution in [0.2, 0.25) is 0 Å². The van der Waals surface area contributed by atoms with Crippen LogP contribution < -0.4 is 10.2 Å². The Balaban J connectivity index is 2.17. The SMILES string of the molecule is Cc1ccc(F)c(CNc2cccnc2N(C)C)c1. The minimum Gasteiger partial charge on any atom is -0.378 e. The molecule has 0 atom stereocenters. The van der Waals surface area contributed by atoms with E-state index in [1.165, 1.54) is 6.07 Å². The lowest BCUT2D eigenvalue weighted by Crippen LogP contribution is -2.14. The van der Waals surface area contributed by atoms with Crippen LogP contribution in [-0.2, 0) is 6.54 Å². The van der Waals surface area contributed by atoms with E-state index in [-0.39, 0.29) is 5.82 Å². The van der Waals surface area contributed by atoms with Crippen molar-refractivity contribution in [3.8, 4) is 0 Å². The van der Waals surface area contributed by atoms with Crippen LogP contribution in [0.25, 0.3) is 0 Å². The topological polar surface area (TPSA) is 28.2 Å². The Kier molecular flexibility index (Phi) is 4.00. The van der Waals surface area contributed by atoms with Gasteiger partial charge in [0.1, 0.15) is 5.82 Å². The molecule has 1 heterocycles. The van der Waals surface area contributed by atoms with Crippen molar-refractivity contribution in [1.29, 1.82) is 0 Å². The summed E-state index contributed by atoms with van der Waals surface area (Å²) in [4.78, 5) is 6.23. The van der Waals surface area contributed by atoms with Crippen LogP contribution >= 0.6 is 0 Å². The van der Waals surface area contributed by atoms with E-state index >= 15 is 0 Å². The molecule has 0 spiro atoms. The zero-order chi connectivity index (χ0) is 13.8. The maximum absolute atomic E-state index is 13.7. The first-order valence-electron chi connectivity index (χ1n) is 6.19. The van der Waals surface area contributed by atoms with Crippen molar-refractivity contribution in [2.75, 3.05) is 24.3 Å². The molecule has 2 aromatic rings. The summed E-state index contributed by atoms with van der Waals surface area (Å²) in [5.41, 5.74) is 2.61. The van der Waals surface area contributed by atoms with Gasteiger partial charge in [-0.05, 0) is 25.1 Å². The normalized spacial score (nSPS) is 10.3. The molecule has 0 radical (unpaired) electrons. The van der Waals surface area contributed by atoms with Gasteiger partial charge >= 0.3 is 0 Å². The maximum Gasteiger partial charge on any atom is 0.151 e. The fourth-order valence-corrected chi connectivity index (χ4v) is 1.92. The molecule has 0 aliphatic heterocycles. The van der Waals surface area contributed by atoms with Gasteiger partial charge in [-0.3, -0.25) is 0 Å². The van der Waals surface area contributed by atoms with Crippen LogP contribution in [0.5, 0.6) is 0 Å². The summed E-state index contributed by atoms with van der Waals surface area (Å²) in [7, 11) is 3.86. The Bertz CT molecular complexity index is 567. The molecule has 2 rings (SSSR count). The van der Waals surface area contributed by atoms with Gasteiger partial charge in [0.25, 0.3) is 0 Å². The average molecular weight is 259 g/mol. The number of rotatable bonds is 4. The van der Waals surface area contributed by atoms with E-state index in [4.69, 9.17) is 0 Å². The van der Waals surface area contributed by atoms with Crippen LogP contribution in [-0.4, -0.2) is 19.1 Å². The summed E-state index contributed by atoms with van der Waals surface area (Å²) >= 11 is 0. The highest BCUT2D eigenvalue weighted by Crippen LogP contribution is 2.21. The van der Waals surface area contributed by atoms with Crippen molar-refractivity contribution in [3.05, 3.63) is 53.5 Å². The molecule has 3 nitrogen and oxygen atoms in total. The molecule has 1 N–H and O–H groups in total. The number of pyridine rings is 1. The van der Waals surface area contributed by atoms with Crippen LogP contribution in [0.15, 0.2) is 36.5 Å². The van der Waals surface area contributed by atoms with Crippen molar-refractivity contribution in [2.24, 2.45) is 0 Å². The first-order chi connectivity index (χ1) is 9.08. The van der Waals surface area contributed by atoms with E-state index in [2.05, 4.69) is 10.3 Å². The summed E-state index contributed by atoms with van der Waals surface area (Å²) < 4.78 is 13.7. The average Bonchev–Trinajstić information content (AvgIpc) is 2.40. The van der Waals surface area contributed by atoms with Gasteiger partial charge in [0.15, 0.2) is 5.82 Å². The number of nitrogens with zero attached hydrogens (tertiary/aromatic N) is 2. The predicted molar refractivity (Wildman–Crippen MR) is 77.0 cm³/mol.